The number of Topliss-reactive ketones (excluding diaryl/α,β-unsaturated/α-hetero) is 1. The predicted octanol–water partition coefficient (Wildman–Crippen LogP) is 2.91. The maximum Gasteiger partial charge on any atom is 0.201 e. The highest BCUT2D eigenvalue weighted by atomic mass is 32.1. The molecule has 2 nitrogen and oxygen atoms in total. The lowest BCUT2D eigenvalue weighted by atomic mass is 10.0. The summed E-state index contributed by atoms with van der Waals surface area (Å²) in [7, 11) is 1.59. The Morgan fingerprint density at radius 1 is 1.43 bits per heavy atom. The first kappa shape index (κ1) is 11.4. The van der Waals surface area contributed by atoms with Crippen molar-refractivity contribution in [3.8, 4) is 0 Å². The van der Waals surface area contributed by atoms with Crippen molar-refractivity contribution in [3.63, 3.8) is 0 Å². The fourth-order valence-electron chi connectivity index (χ4n) is 1.39. The molecule has 0 aromatic carbocycles. The van der Waals surface area contributed by atoms with Crippen LogP contribution >= 0.6 is 11.3 Å². The van der Waals surface area contributed by atoms with E-state index in [4.69, 9.17) is 4.74 Å². The maximum absolute atomic E-state index is 11.9. The van der Waals surface area contributed by atoms with Crippen molar-refractivity contribution < 1.29 is 9.53 Å². The predicted molar refractivity (Wildman–Crippen MR) is 59.0 cm³/mol. The van der Waals surface area contributed by atoms with E-state index in [1.54, 1.807) is 7.11 Å². The Hall–Kier alpha value is -0.670. The van der Waals surface area contributed by atoms with Crippen molar-refractivity contribution in [3.05, 3.63) is 21.9 Å². The highest BCUT2D eigenvalue weighted by Crippen LogP contribution is 2.20. The molecule has 0 fully saturated rings. The molecule has 1 rings (SSSR count). The van der Waals surface area contributed by atoms with Crippen LogP contribution in [0.25, 0.3) is 0 Å². The largest absolute Gasteiger partial charge is 0.373 e. The Morgan fingerprint density at radius 2 is 2.07 bits per heavy atom. The Bertz CT molecular complexity index is 315. The van der Waals surface area contributed by atoms with E-state index in [9.17, 15) is 4.79 Å². The number of methoxy groups -OCH3 is 1. The minimum Gasteiger partial charge on any atom is -0.373 e. The van der Waals surface area contributed by atoms with Crippen LogP contribution in [0, 0.1) is 12.8 Å². The number of hydrogen-bond acceptors (Lipinski definition) is 3. The van der Waals surface area contributed by atoms with Crippen LogP contribution in [0.2, 0.25) is 0 Å². The first-order valence-electron chi connectivity index (χ1n) is 4.69. The summed E-state index contributed by atoms with van der Waals surface area (Å²) in [6.07, 6.45) is -0.312. The summed E-state index contributed by atoms with van der Waals surface area (Å²) in [6, 6.07) is 3.84. The zero-order valence-electron chi connectivity index (χ0n) is 9.03. The van der Waals surface area contributed by atoms with Gasteiger partial charge in [0.15, 0.2) is 0 Å². The molecule has 1 aromatic heterocycles. The number of carbonyl (C=O) groups is 1. The highest BCUT2D eigenvalue weighted by Gasteiger charge is 2.23. The SMILES string of the molecule is COC(C(=O)c1ccc(C)s1)C(C)C. The van der Waals surface area contributed by atoms with E-state index in [1.807, 2.05) is 32.9 Å². The van der Waals surface area contributed by atoms with Crippen LogP contribution in [-0.2, 0) is 4.74 Å². The van der Waals surface area contributed by atoms with Crippen LogP contribution in [0.5, 0.6) is 0 Å². The molecule has 0 saturated carbocycles. The molecule has 0 aliphatic heterocycles. The normalized spacial score (nSPS) is 13.2. The van der Waals surface area contributed by atoms with Gasteiger partial charge in [-0.1, -0.05) is 13.8 Å². The zero-order valence-corrected chi connectivity index (χ0v) is 9.85. The van der Waals surface area contributed by atoms with Gasteiger partial charge in [-0.3, -0.25) is 4.79 Å². The van der Waals surface area contributed by atoms with Gasteiger partial charge in [-0.2, -0.15) is 0 Å². The Kier molecular flexibility index (Phi) is 3.84. The smallest absolute Gasteiger partial charge is 0.201 e. The average molecular weight is 212 g/mol. The molecule has 1 atom stereocenters. The van der Waals surface area contributed by atoms with Gasteiger partial charge in [-0.25, -0.2) is 0 Å². The number of carbonyl (C=O) groups excluding carboxylic acids is 1. The second kappa shape index (κ2) is 4.71. The third-order valence-corrected chi connectivity index (χ3v) is 3.12. The summed E-state index contributed by atoms with van der Waals surface area (Å²) in [5, 5.41) is 0. The van der Waals surface area contributed by atoms with E-state index in [0.717, 1.165) is 9.75 Å². The van der Waals surface area contributed by atoms with Gasteiger partial charge in [0.1, 0.15) is 6.10 Å². The first-order valence-corrected chi connectivity index (χ1v) is 5.51. The van der Waals surface area contributed by atoms with Crippen molar-refractivity contribution in [2.24, 2.45) is 5.92 Å². The Balaban J connectivity index is 2.83. The molecule has 0 bridgehead atoms. The molecule has 0 aliphatic carbocycles. The van der Waals surface area contributed by atoms with Crippen LogP contribution in [0.3, 0.4) is 0 Å². The summed E-state index contributed by atoms with van der Waals surface area (Å²) in [5.41, 5.74) is 0. The molecule has 0 radical (unpaired) electrons. The van der Waals surface area contributed by atoms with E-state index < -0.39 is 0 Å². The molecule has 1 unspecified atom stereocenters. The van der Waals surface area contributed by atoms with E-state index >= 15 is 0 Å². The maximum atomic E-state index is 11.9. The molecule has 0 aliphatic rings. The lowest BCUT2D eigenvalue weighted by Gasteiger charge is -2.16. The third kappa shape index (κ3) is 2.42. The average Bonchev–Trinajstić information content (AvgIpc) is 2.52. The third-order valence-electron chi connectivity index (χ3n) is 2.10. The minimum absolute atomic E-state index is 0.0978. The number of hydrogen-bond donors (Lipinski definition) is 0. The molecule has 0 N–H and O–H groups in total. The quantitative estimate of drug-likeness (QED) is 0.717. The first-order chi connectivity index (χ1) is 6.56. The van der Waals surface area contributed by atoms with Gasteiger partial charge in [0.2, 0.25) is 5.78 Å². The van der Waals surface area contributed by atoms with Crippen molar-refractivity contribution >= 4 is 17.1 Å². The number of ketones is 1. The standard InChI is InChI=1S/C11H16O2S/c1-7(2)11(13-4)10(12)9-6-5-8(3)14-9/h5-7,11H,1-4H3. The molecule has 78 valence electrons. The molecule has 0 amide bonds. The number of aryl methyl sites for hydroxylation is 1. The summed E-state index contributed by atoms with van der Waals surface area (Å²) in [5.74, 6) is 0.315. The van der Waals surface area contributed by atoms with Crippen molar-refractivity contribution in [2.45, 2.75) is 26.9 Å². The monoisotopic (exact) mass is 212 g/mol. The van der Waals surface area contributed by atoms with Gasteiger partial charge < -0.3 is 4.74 Å². The summed E-state index contributed by atoms with van der Waals surface area (Å²) in [6.45, 7) is 5.98. The molecular weight excluding hydrogens is 196 g/mol. The molecule has 1 aromatic rings. The molecule has 3 heteroatoms. The van der Waals surface area contributed by atoms with Gasteiger partial charge in [-0.15, -0.1) is 11.3 Å². The van der Waals surface area contributed by atoms with E-state index in [0.29, 0.717) is 0 Å². The Morgan fingerprint density at radius 3 is 2.43 bits per heavy atom. The van der Waals surface area contributed by atoms with E-state index in [-0.39, 0.29) is 17.8 Å². The summed E-state index contributed by atoms with van der Waals surface area (Å²) in [4.78, 5) is 13.9. The van der Waals surface area contributed by atoms with Gasteiger partial charge in [-0.05, 0) is 25.0 Å². The molecular formula is C11H16O2S. The second-order valence-electron chi connectivity index (χ2n) is 3.67. The summed E-state index contributed by atoms with van der Waals surface area (Å²) >= 11 is 1.53. The van der Waals surface area contributed by atoms with Gasteiger partial charge in [0.05, 0.1) is 4.88 Å². The van der Waals surface area contributed by atoms with Crippen LogP contribution in [0.15, 0.2) is 12.1 Å². The number of thiophene rings is 1. The van der Waals surface area contributed by atoms with Crippen molar-refractivity contribution in [2.75, 3.05) is 7.11 Å². The lowest BCUT2D eigenvalue weighted by Crippen LogP contribution is -2.27. The van der Waals surface area contributed by atoms with Crippen molar-refractivity contribution in [1.29, 1.82) is 0 Å². The van der Waals surface area contributed by atoms with Crippen molar-refractivity contribution in [1.82, 2.24) is 0 Å². The van der Waals surface area contributed by atoms with Crippen LogP contribution < -0.4 is 0 Å². The Labute approximate surface area is 88.9 Å². The molecule has 0 saturated heterocycles. The summed E-state index contributed by atoms with van der Waals surface area (Å²) < 4.78 is 5.19. The van der Waals surface area contributed by atoms with E-state index in [2.05, 4.69) is 0 Å². The van der Waals surface area contributed by atoms with Gasteiger partial charge >= 0.3 is 0 Å². The minimum atomic E-state index is -0.312. The van der Waals surface area contributed by atoms with Crippen LogP contribution in [-0.4, -0.2) is 19.0 Å². The second-order valence-corrected chi connectivity index (χ2v) is 4.96. The topological polar surface area (TPSA) is 26.3 Å². The molecule has 1 heterocycles. The highest BCUT2D eigenvalue weighted by molar-refractivity contribution is 7.14. The van der Waals surface area contributed by atoms with Gasteiger partial charge in [0, 0.05) is 12.0 Å². The lowest BCUT2D eigenvalue weighted by molar-refractivity contribution is 0.0463. The molecule has 14 heavy (non-hydrogen) atoms. The zero-order chi connectivity index (χ0) is 10.7. The van der Waals surface area contributed by atoms with Gasteiger partial charge in [0.25, 0.3) is 0 Å². The van der Waals surface area contributed by atoms with Crippen LogP contribution in [0.1, 0.15) is 28.4 Å². The van der Waals surface area contributed by atoms with E-state index in [1.165, 1.54) is 11.3 Å². The fourth-order valence-corrected chi connectivity index (χ4v) is 2.22. The number of ether oxygens (including phenoxy) is 1. The van der Waals surface area contributed by atoms with Crippen LogP contribution in [0.4, 0.5) is 0 Å². The number of rotatable bonds is 4. The fraction of sp³-hybridized carbons (Fsp3) is 0.545. The molecule has 0 spiro atoms.